The zero-order valence-corrected chi connectivity index (χ0v) is 51.7. The van der Waals surface area contributed by atoms with E-state index < -0.39 is 0 Å². The third-order valence-corrected chi connectivity index (χ3v) is 17.9. The molecule has 8 bridgehead atoms. The Kier molecular flexibility index (Phi) is 22.4. The van der Waals surface area contributed by atoms with Crippen LogP contribution in [0.2, 0.25) is 0 Å². The fourth-order valence-electron chi connectivity index (χ4n) is 12.2. The van der Waals surface area contributed by atoms with Crippen LogP contribution >= 0.6 is 47.8 Å². The molecule has 4 aromatic carbocycles. The highest BCUT2D eigenvalue weighted by Crippen LogP contribution is 2.61. The monoisotopic (exact) mass is 1270 g/mol. The van der Waals surface area contributed by atoms with Crippen LogP contribution in [0.1, 0.15) is 237 Å². The van der Waals surface area contributed by atoms with E-state index in [2.05, 4.69) is 106 Å². The highest BCUT2D eigenvalue weighted by Gasteiger charge is 2.42. The summed E-state index contributed by atoms with van der Waals surface area (Å²) in [5, 5.41) is 2.66. The number of halogens is 3. The third-order valence-electron chi connectivity index (χ3n) is 16.2. The Morgan fingerprint density at radius 3 is 0.846 bits per heavy atom. The molecule has 4 unspecified atom stereocenters. The largest absolute Gasteiger partial charge is 0.486 e. The van der Waals surface area contributed by atoms with Crippen LogP contribution in [0, 0.1) is 0 Å². The average Bonchev–Trinajstić information content (AvgIpc) is 3.43. The van der Waals surface area contributed by atoms with Gasteiger partial charge < -0.3 is 52.1 Å². The van der Waals surface area contributed by atoms with Gasteiger partial charge in [-0.15, -0.1) is 0 Å². The molecule has 4 aliphatic heterocycles. The van der Waals surface area contributed by atoms with E-state index in [1.54, 1.807) is 0 Å². The summed E-state index contributed by atoms with van der Waals surface area (Å²) in [6.07, 6.45) is 21.6. The van der Waals surface area contributed by atoms with Gasteiger partial charge in [-0.1, -0.05) is 153 Å². The van der Waals surface area contributed by atoms with Crippen LogP contribution in [0.15, 0.2) is 30.3 Å². The van der Waals surface area contributed by atoms with Gasteiger partial charge >= 0.3 is 0 Å². The third kappa shape index (κ3) is 13.2. The smallest absolute Gasteiger partial charge is 0.231 e. The summed E-state index contributed by atoms with van der Waals surface area (Å²) >= 11 is 11.0. The maximum atomic E-state index is 7.12. The number of hydrogen-bond donors (Lipinski definition) is 0. The first-order valence-corrected chi connectivity index (χ1v) is 33.2. The number of hydrogen-bond acceptors (Lipinski definition) is 11. The topological polar surface area (TPSA) is 102 Å². The Labute approximate surface area is 490 Å². The minimum Gasteiger partial charge on any atom is -0.486 e. The van der Waals surface area contributed by atoms with Crippen molar-refractivity contribution in [1.82, 2.24) is 0 Å². The summed E-state index contributed by atoms with van der Waals surface area (Å²) in [6.45, 7) is 10.3. The fourth-order valence-corrected chi connectivity index (χ4v) is 13.4. The highest BCUT2D eigenvalue weighted by atomic mass is 79.9. The molecule has 1 aliphatic carbocycles. The molecule has 0 saturated heterocycles. The second-order valence-corrected chi connectivity index (χ2v) is 24.0. The van der Waals surface area contributed by atoms with Gasteiger partial charge in [0.25, 0.3) is 0 Å². The SMILES string of the molecule is CCCCCC1c2cc3c4cc2OCOc2c1cc1c(c2OCCCCBr)OCOc2c(cc5c(c2OCCCCBr)OCOc2c(cc(c(c2OCCCCBr)OCO4)C3CCCCC)C5CCCCC)C1CCCCC. The number of alkyl halides is 3. The molecule has 4 aromatic rings. The first-order valence-electron chi connectivity index (χ1n) is 29.9. The summed E-state index contributed by atoms with van der Waals surface area (Å²) < 4.78 is 76.9. The standard InChI is InChI=1S/C64H85Br3O11/c1-5-9-13-23-42-46-33-47-43(24-14-10-6-2)49-35-51-45(26-16-12-8-4)53-36-52-44(25-15-11-7-3)50-34-48(42)56-62(68-30-20-17-27-65)58(50)75-40-77-60(52)64(70-32-22-19-29-67)61(53)78-41-76-59(51)63(69-31-21-18-28-66)57(49)74-39-72-55(47)37-54(46)71-38-73-56/h33-37,42-45H,5-32,38-41H2,1-4H3. The van der Waals surface area contributed by atoms with E-state index in [0.29, 0.717) is 71.6 Å². The summed E-state index contributed by atoms with van der Waals surface area (Å²) in [4.78, 5) is 0. The van der Waals surface area contributed by atoms with Gasteiger partial charge in [-0.3, -0.25) is 0 Å². The van der Waals surface area contributed by atoms with Crippen LogP contribution in [0.25, 0.3) is 0 Å². The van der Waals surface area contributed by atoms with Crippen molar-refractivity contribution < 1.29 is 52.1 Å². The molecule has 0 amide bonds. The van der Waals surface area contributed by atoms with Crippen LogP contribution in [-0.4, -0.2) is 63.0 Å². The molecular weight excluding hydrogens is 1180 g/mol. The van der Waals surface area contributed by atoms with Gasteiger partial charge in [0.15, 0.2) is 34.5 Å². The summed E-state index contributed by atoms with van der Waals surface area (Å²) in [6, 6.07) is 11.8. The average molecular weight is 1270 g/mol. The van der Waals surface area contributed by atoms with Crippen molar-refractivity contribution in [3.05, 3.63) is 74.8 Å². The first kappa shape index (κ1) is 58.8. The van der Waals surface area contributed by atoms with Crippen LogP contribution < -0.4 is 52.1 Å². The van der Waals surface area contributed by atoms with Crippen molar-refractivity contribution in [1.29, 1.82) is 0 Å². The van der Waals surface area contributed by atoms with Crippen LogP contribution in [0.3, 0.4) is 0 Å². The number of rotatable bonds is 31. The predicted octanol–water partition coefficient (Wildman–Crippen LogP) is 18.4. The molecule has 11 nitrogen and oxygen atoms in total. The van der Waals surface area contributed by atoms with Crippen LogP contribution in [-0.2, 0) is 0 Å². The molecule has 14 heteroatoms. The summed E-state index contributed by atoms with van der Waals surface area (Å²) in [5.74, 6) is 6.72. The zero-order valence-electron chi connectivity index (χ0n) is 46.9. The molecular formula is C64H85Br3O11. The van der Waals surface area contributed by atoms with Crippen LogP contribution in [0.4, 0.5) is 0 Å². The molecule has 4 heterocycles. The molecule has 0 radical (unpaired) electrons. The molecule has 4 atom stereocenters. The van der Waals surface area contributed by atoms with Crippen molar-refractivity contribution >= 4 is 47.8 Å². The van der Waals surface area contributed by atoms with E-state index in [1.165, 1.54) is 0 Å². The minimum atomic E-state index is -0.186. The van der Waals surface area contributed by atoms with Gasteiger partial charge in [-0.2, -0.15) is 0 Å². The van der Waals surface area contributed by atoms with Crippen molar-refractivity contribution in [3.63, 3.8) is 0 Å². The lowest BCUT2D eigenvalue weighted by Gasteiger charge is -2.36. The highest BCUT2D eigenvalue weighted by molar-refractivity contribution is 9.09. The normalized spacial score (nSPS) is 18.2. The zero-order chi connectivity index (χ0) is 54.2. The molecule has 78 heavy (non-hydrogen) atoms. The second kappa shape index (κ2) is 29.7. The Balaban J connectivity index is 1.45. The number of benzene rings is 4. The Bertz CT molecular complexity index is 2430. The van der Waals surface area contributed by atoms with Gasteiger partial charge in [0.2, 0.25) is 44.4 Å². The molecule has 0 aromatic heterocycles. The van der Waals surface area contributed by atoms with Crippen molar-refractivity contribution in [3.8, 4) is 63.2 Å². The van der Waals surface area contributed by atoms with Gasteiger partial charge in [-0.25, -0.2) is 0 Å². The lowest BCUT2D eigenvalue weighted by molar-refractivity contribution is 0.0851. The summed E-state index contributed by atoms with van der Waals surface area (Å²) in [5.41, 5.74) is 8.69. The molecule has 428 valence electrons. The van der Waals surface area contributed by atoms with Gasteiger partial charge in [0.05, 0.1) is 19.8 Å². The first-order chi connectivity index (χ1) is 38.5. The van der Waals surface area contributed by atoms with Crippen LogP contribution in [0.5, 0.6) is 63.2 Å². The summed E-state index contributed by atoms with van der Waals surface area (Å²) in [7, 11) is 0. The predicted molar refractivity (Wildman–Crippen MR) is 320 cm³/mol. The molecule has 0 saturated carbocycles. The maximum Gasteiger partial charge on any atom is 0.231 e. The van der Waals surface area contributed by atoms with E-state index in [4.69, 9.17) is 52.1 Å². The number of unbranched alkanes of at least 4 members (excludes halogenated alkanes) is 11. The van der Waals surface area contributed by atoms with Gasteiger partial charge in [0.1, 0.15) is 11.5 Å². The lowest BCUT2D eigenvalue weighted by atomic mass is 9.75. The van der Waals surface area contributed by atoms with E-state index in [-0.39, 0.29) is 50.8 Å². The Hall–Kier alpha value is -3.88. The second-order valence-electron chi connectivity index (χ2n) is 21.6. The molecule has 0 N–H and O–H groups in total. The van der Waals surface area contributed by atoms with E-state index in [0.717, 1.165) is 213 Å². The molecule has 9 rings (SSSR count). The quantitative estimate of drug-likeness (QED) is 0.0356. The Morgan fingerprint density at radius 2 is 0.577 bits per heavy atom. The fraction of sp³-hybridized carbons (Fsp3) is 0.625. The van der Waals surface area contributed by atoms with Crippen molar-refractivity contribution in [2.45, 2.75) is 193 Å². The van der Waals surface area contributed by atoms with E-state index in [9.17, 15) is 0 Å². The van der Waals surface area contributed by atoms with Gasteiger partial charge in [-0.05, 0) is 88.5 Å². The van der Waals surface area contributed by atoms with E-state index >= 15 is 0 Å². The lowest BCUT2D eigenvalue weighted by Crippen LogP contribution is -2.24. The minimum absolute atomic E-state index is 0.0290. The van der Waals surface area contributed by atoms with Crippen molar-refractivity contribution in [2.24, 2.45) is 0 Å². The van der Waals surface area contributed by atoms with Gasteiger partial charge in [0, 0.05) is 90.2 Å². The Morgan fingerprint density at radius 1 is 0.321 bits per heavy atom. The molecule has 0 fully saturated rings. The molecule has 5 aliphatic rings. The van der Waals surface area contributed by atoms with Crippen molar-refractivity contribution in [2.75, 3.05) is 63.0 Å². The maximum absolute atomic E-state index is 7.12. The van der Waals surface area contributed by atoms with E-state index in [1.807, 2.05) is 0 Å². The number of ether oxygens (including phenoxy) is 11. The molecule has 0 spiro atoms.